The highest BCUT2D eigenvalue weighted by molar-refractivity contribution is 5.27. The van der Waals surface area contributed by atoms with E-state index < -0.39 is 22.8 Å². The van der Waals surface area contributed by atoms with Crippen LogP contribution in [0.1, 0.15) is 32.0 Å². The van der Waals surface area contributed by atoms with Crippen LogP contribution in [0, 0.1) is 0 Å². The van der Waals surface area contributed by atoms with Crippen LogP contribution in [-0.4, -0.2) is 9.78 Å². The number of alkyl halides is 3. The van der Waals surface area contributed by atoms with E-state index in [1.54, 1.807) is 20.8 Å². The van der Waals surface area contributed by atoms with Gasteiger partial charge in [0.25, 0.3) is 5.56 Å². The quantitative estimate of drug-likeness (QED) is 0.716. The minimum absolute atomic E-state index is 0.225. The van der Waals surface area contributed by atoms with Crippen molar-refractivity contribution in [2.45, 2.75) is 32.4 Å². The van der Waals surface area contributed by atoms with Crippen molar-refractivity contribution in [3.63, 3.8) is 0 Å². The molecule has 0 fully saturated rings. The van der Waals surface area contributed by atoms with Gasteiger partial charge in [-0.15, -0.1) is 0 Å². The van der Waals surface area contributed by atoms with E-state index in [-0.39, 0.29) is 5.56 Å². The normalized spacial score (nSPS) is 13.3. The second-order valence-corrected chi connectivity index (χ2v) is 4.47. The molecule has 0 aliphatic carbocycles. The summed E-state index contributed by atoms with van der Waals surface area (Å²) in [6.45, 7) is 4.73. The Morgan fingerprint density at radius 1 is 1.20 bits per heavy atom. The van der Waals surface area contributed by atoms with Crippen LogP contribution in [0.25, 0.3) is 0 Å². The Labute approximate surface area is 84.9 Å². The summed E-state index contributed by atoms with van der Waals surface area (Å²) < 4.78 is 38.6. The van der Waals surface area contributed by atoms with E-state index in [1.165, 1.54) is 7.05 Å². The maximum absolute atomic E-state index is 12.6. The third-order valence-corrected chi connectivity index (χ3v) is 2.08. The number of nitrogens with zero attached hydrogens (tertiary/aromatic N) is 1. The van der Waals surface area contributed by atoms with Crippen molar-refractivity contribution in [1.82, 2.24) is 9.78 Å². The van der Waals surface area contributed by atoms with Gasteiger partial charge in [0.15, 0.2) is 0 Å². The van der Waals surface area contributed by atoms with Gasteiger partial charge >= 0.3 is 6.18 Å². The van der Waals surface area contributed by atoms with E-state index in [1.807, 2.05) is 5.10 Å². The first-order chi connectivity index (χ1) is 6.55. The molecule has 0 amide bonds. The molecule has 15 heavy (non-hydrogen) atoms. The van der Waals surface area contributed by atoms with Gasteiger partial charge in [-0.05, 0) is 5.41 Å². The van der Waals surface area contributed by atoms with Gasteiger partial charge in [-0.2, -0.15) is 13.2 Å². The lowest BCUT2D eigenvalue weighted by atomic mass is 9.87. The van der Waals surface area contributed by atoms with Gasteiger partial charge in [-0.1, -0.05) is 20.8 Å². The summed E-state index contributed by atoms with van der Waals surface area (Å²) >= 11 is 0. The number of nitrogens with one attached hydrogen (secondary N) is 1. The maximum Gasteiger partial charge on any atom is 0.433 e. The van der Waals surface area contributed by atoms with E-state index in [4.69, 9.17) is 0 Å². The lowest BCUT2D eigenvalue weighted by molar-refractivity contribution is -0.142. The number of hydrogen-bond acceptors (Lipinski definition) is 1. The number of rotatable bonds is 0. The zero-order chi connectivity index (χ0) is 12.0. The van der Waals surface area contributed by atoms with E-state index in [9.17, 15) is 18.0 Å². The largest absolute Gasteiger partial charge is 0.433 e. The van der Waals surface area contributed by atoms with Crippen LogP contribution in [0.4, 0.5) is 13.2 Å². The molecule has 6 heteroatoms. The number of aromatic amines is 1. The molecule has 1 rings (SSSR count). The molecular formula is C9H13F3N2O. The molecule has 1 N–H and O–H groups in total. The van der Waals surface area contributed by atoms with Gasteiger partial charge in [0, 0.05) is 7.05 Å². The fraction of sp³-hybridized carbons (Fsp3) is 0.667. The summed E-state index contributed by atoms with van der Waals surface area (Å²) in [4.78, 5) is 11.5. The number of H-pyrrole nitrogens is 1. The lowest BCUT2D eigenvalue weighted by Crippen LogP contribution is -2.26. The molecule has 1 aromatic rings. The molecule has 3 nitrogen and oxygen atoms in total. The van der Waals surface area contributed by atoms with Crippen LogP contribution < -0.4 is 5.56 Å². The number of halogens is 3. The minimum Gasteiger partial charge on any atom is -0.291 e. The molecular weight excluding hydrogens is 209 g/mol. The second kappa shape index (κ2) is 3.15. The Hall–Kier alpha value is -1.20. The molecule has 1 aromatic heterocycles. The first-order valence-electron chi connectivity index (χ1n) is 4.42. The SMILES string of the molecule is Cn1[nH]c(C(F)(F)F)c(C(C)(C)C)c1=O. The van der Waals surface area contributed by atoms with E-state index in [0.717, 1.165) is 4.68 Å². The fourth-order valence-electron chi connectivity index (χ4n) is 1.45. The Morgan fingerprint density at radius 2 is 1.67 bits per heavy atom. The summed E-state index contributed by atoms with van der Waals surface area (Å²) in [5.41, 5.74) is -2.64. The summed E-state index contributed by atoms with van der Waals surface area (Å²) in [6.07, 6.45) is -4.52. The zero-order valence-corrected chi connectivity index (χ0v) is 8.99. The topological polar surface area (TPSA) is 37.8 Å². The van der Waals surface area contributed by atoms with E-state index in [0.29, 0.717) is 0 Å². The van der Waals surface area contributed by atoms with Crippen molar-refractivity contribution in [2.75, 3.05) is 0 Å². The van der Waals surface area contributed by atoms with Crippen molar-refractivity contribution in [3.05, 3.63) is 21.6 Å². The molecule has 0 saturated carbocycles. The van der Waals surface area contributed by atoms with E-state index >= 15 is 0 Å². The van der Waals surface area contributed by atoms with Gasteiger partial charge in [0.1, 0.15) is 5.69 Å². The van der Waals surface area contributed by atoms with Crippen molar-refractivity contribution in [1.29, 1.82) is 0 Å². The van der Waals surface area contributed by atoms with Crippen molar-refractivity contribution in [3.8, 4) is 0 Å². The Kier molecular flexibility index (Phi) is 2.49. The highest BCUT2D eigenvalue weighted by Crippen LogP contribution is 2.34. The molecule has 1 heterocycles. The Bertz CT molecular complexity index is 420. The Balaban J connectivity index is 3.56. The monoisotopic (exact) mass is 222 g/mol. The van der Waals surface area contributed by atoms with Crippen LogP contribution in [-0.2, 0) is 18.6 Å². The van der Waals surface area contributed by atoms with Gasteiger partial charge in [-0.25, -0.2) is 0 Å². The third kappa shape index (κ3) is 2.08. The molecule has 0 unspecified atom stereocenters. The van der Waals surface area contributed by atoms with Gasteiger partial charge in [0.2, 0.25) is 0 Å². The third-order valence-electron chi connectivity index (χ3n) is 2.08. The van der Waals surface area contributed by atoms with E-state index in [2.05, 4.69) is 0 Å². The predicted octanol–water partition coefficient (Wildman–Crippen LogP) is 2.03. The van der Waals surface area contributed by atoms with Crippen molar-refractivity contribution in [2.24, 2.45) is 7.05 Å². The average Bonchev–Trinajstić information content (AvgIpc) is 2.25. The fourth-order valence-corrected chi connectivity index (χ4v) is 1.45. The summed E-state index contributed by atoms with van der Waals surface area (Å²) in [5.74, 6) is 0. The molecule has 0 aromatic carbocycles. The van der Waals surface area contributed by atoms with Crippen LogP contribution in [0.15, 0.2) is 4.79 Å². The minimum atomic E-state index is -4.52. The molecule has 86 valence electrons. The summed E-state index contributed by atoms with van der Waals surface area (Å²) in [7, 11) is 1.27. The molecule has 0 atom stereocenters. The lowest BCUT2D eigenvalue weighted by Gasteiger charge is -2.18. The average molecular weight is 222 g/mol. The van der Waals surface area contributed by atoms with Crippen LogP contribution in [0.2, 0.25) is 0 Å². The second-order valence-electron chi connectivity index (χ2n) is 4.47. The molecule has 0 spiro atoms. The first-order valence-corrected chi connectivity index (χ1v) is 4.42. The maximum atomic E-state index is 12.6. The number of aryl methyl sites for hydroxylation is 1. The summed E-state index contributed by atoms with van der Waals surface area (Å²) in [5, 5.41) is 2.04. The van der Waals surface area contributed by atoms with Gasteiger partial charge < -0.3 is 0 Å². The standard InChI is InChI=1S/C9H13F3N2O/c1-8(2,3)5-6(9(10,11)12)13-14(4)7(5)15/h13H,1-4H3. The number of aromatic nitrogens is 2. The molecule has 0 bridgehead atoms. The zero-order valence-electron chi connectivity index (χ0n) is 8.99. The van der Waals surface area contributed by atoms with Crippen LogP contribution >= 0.6 is 0 Å². The Morgan fingerprint density at radius 3 is 1.93 bits per heavy atom. The van der Waals surface area contributed by atoms with Crippen LogP contribution in [0.3, 0.4) is 0 Å². The highest BCUT2D eigenvalue weighted by Gasteiger charge is 2.40. The molecule has 0 aliphatic heterocycles. The number of hydrogen-bond donors (Lipinski definition) is 1. The highest BCUT2D eigenvalue weighted by atomic mass is 19.4. The molecule has 0 aliphatic rings. The predicted molar refractivity (Wildman–Crippen MR) is 49.7 cm³/mol. The van der Waals surface area contributed by atoms with Crippen LogP contribution in [0.5, 0.6) is 0 Å². The molecule has 0 saturated heterocycles. The molecule has 0 radical (unpaired) electrons. The smallest absolute Gasteiger partial charge is 0.291 e. The van der Waals surface area contributed by atoms with Gasteiger partial charge in [0.05, 0.1) is 5.56 Å². The van der Waals surface area contributed by atoms with Crippen molar-refractivity contribution < 1.29 is 13.2 Å². The summed E-state index contributed by atoms with van der Waals surface area (Å²) in [6, 6.07) is 0. The van der Waals surface area contributed by atoms with Crippen molar-refractivity contribution >= 4 is 0 Å². The first kappa shape index (κ1) is 11.9. The van der Waals surface area contributed by atoms with Gasteiger partial charge in [-0.3, -0.25) is 14.6 Å².